The first-order valence-electron chi connectivity index (χ1n) is 2.92. The monoisotopic (exact) mass is 480 g/mol. The standard InChI is InChI=1S/C5H12.Al.3HI/c1-4-5(2)3;;;;/h5H,4H2,1-3H3;;3*1H/q;+3;;;/p-3. The molecule has 4 heteroatoms. The highest BCUT2D eigenvalue weighted by Gasteiger charge is 1.94. The number of hydrogen-bond donors (Lipinski definition) is 0. The molecule has 0 heterocycles. The summed E-state index contributed by atoms with van der Waals surface area (Å²) in [6, 6.07) is 0. The largest absolute Gasteiger partial charge is 0.524 e. The first kappa shape index (κ1) is 14.3. The number of halogens is 3. The third-order valence-corrected chi connectivity index (χ3v) is 0.816. The molecule has 0 aliphatic rings. The van der Waals surface area contributed by atoms with E-state index in [1.165, 1.54) is 6.42 Å². The van der Waals surface area contributed by atoms with Crippen molar-refractivity contribution in [3.05, 3.63) is 0 Å². The fourth-order valence-electron chi connectivity index (χ4n) is 0. The summed E-state index contributed by atoms with van der Waals surface area (Å²) in [6.07, 6.45) is 1.31. The van der Waals surface area contributed by atoms with Gasteiger partial charge < -0.3 is 0 Å². The Labute approximate surface area is 96.3 Å². The summed E-state index contributed by atoms with van der Waals surface area (Å²) in [5, 5.41) is 0. The van der Waals surface area contributed by atoms with E-state index in [1.807, 2.05) is 0 Å². The maximum atomic E-state index is 2.46. The molecule has 0 N–H and O–H groups in total. The zero-order valence-electron chi connectivity index (χ0n) is 6.00. The van der Waals surface area contributed by atoms with Gasteiger partial charge in [-0.1, -0.05) is 27.2 Å². The lowest BCUT2D eigenvalue weighted by Crippen LogP contribution is -1.77. The van der Waals surface area contributed by atoms with Crippen molar-refractivity contribution in [1.29, 1.82) is 0 Å². The SMILES string of the molecule is CCC(C)C.[I][Al]([I])[I]. The Bertz CT molecular complexity index is 44.7. The van der Waals surface area contributed by atoms with Gasteiger partial charge in [-0.3, -0.25) is 0 Å². The molecule has 0 aromatic heterocycles. The minimum atomic E-state index is -0.229. The highest BCUT2D eigenvalue weighted by Crippen LogP contribution is 2.10. The van der Waals surface area contributed by atoms with Crippen LogP contribution in [0.4, 0.5) is 0 Å². The molecule has 0 unspecified atom stereocenters. The molecule has 0 aliphatic carbocycles. The van der Waals surface area contributed by atoms with Crippen LogP contribution in [0.1, 0.15) is 27.2 Å². The minimum absolute atomic E-state index is 0.229. The molecule has 0 amide bonds. The Kier molecular flexibility index (Phi) is 17.0. The molecule has 56 valence electrons. The van der Waals surface area contributed by atoms with Gasteiger partial charge in [0.25, 0.3) is 0 Å². The summed E-state index contributed by atoms with van der Waals surface area (Å²) in [5.41, 5.74) is 0. The van der Waals surface area contributed by atoms with Crippen LogP contribution in [0.3, 0.4) is 0 Å². The van der Waals surface area contributed by atoms with E-state index < -0.39 is 0 Å². The van der Waals surface area contributed by atoms with Crippen LogP contribution in [0.5, 0.6) is 0 Å². The molecule has 0 rings (SSSR count). The molecule has 0 saturated carbocycles. The van der Waals surface area contributed by atoms with Crippen LogP contribution in [0.25, 0.3) is 0 Å². The van der Waals surface area contributed by atoms with E-state index in [1.54, 1.807) is 0 Å². The third kappa shape index (κ3) is 36.6. The van der Waals surface area contributed by atoms with Crippen molar-refractivity contribution < 1.29 is 0 Å². The summed E-state index contributed by atoms with van der Waals surface area (Å²) in [7, 11) is 0. The van der Waals surface area contributed by atoms with Crippen LogP contribution >= 0.6 is 60.8 Å². The van der Waals surface area contributed by atoms with Gasteiger partial charge in [0.15, 0.2) is 0 Å². The van der Waals surface area contributed by atoms with E-state index in [2.05, 4.69) is 81.6 Å². The van der Waals surface area contributed by atoms with Crippen LogP contribution < -0.4 is 0 Å². The van der Waals surface area contributed by atoms with Crippen LogP contribution in [-0.4, -0.2) is 4.30 Å². The van der Waals surface area contributed by atoms with Gasteiger partial charge in [0.1, 0.15) is 0 Å². The maximum Gasteiger partial charge on any atom is 0.524 e. The Hall–Kier alpha value is 2.72. The van der Waals surface area contributed by atoms with E-state index in [0.717, 1.165) is 5.92 Å². The molecule has 0 aliphatic heterocycles. The lowest BCUT2D eigenvalue weighted by Gasteiger charge is -1.90. The molecule has 0 aromatic rings. The van der Waals surface area contributed by atoms with Crippen molar-refractivity contribution in [3.8, 4) is 0 Å². The summed E-state index contributed by atoms with van der Waals surface area (Å²) in [5.74, 6) is 0.884. The van der Waals surface area contributed by atoms with Gasteiger partial charge in [-0.25, -0.2) is 0 Å². The predicted molar refractivity (Wildman–Crippen MR) is 72.9 cm³/mol. The van der Waals surface area contributed by atoms with Gasteiger partial charge in [-0.15, -0.1) is 0 Å². The average Bonchev–Trinajstić information content (AvgIpc) is 1.65. The van der Waals surface area contributed by atoms with E-state index >= 15 is 0 Å². The van der Waals surface area contributed by atoms with E-state index in [0.29, 0.717) is 0 Å². The van der Waals surface area contributed by atoms with Gasteiger partial charge >= 0.3 is 4.30 Å². The molecule has 0 nitrogen and oxygen atoms in total. The quantitative estimate of drug-likeness (QED) is 0.388. The predicted octanol–water partition coefficient (Wildman–Crippen LogP) is 4.33. The molecule has 0 spiro atoms. The van der Waals surface area contributed by atoms with E-state index in [-0.39, 0.29) is 4.30 Å². The Morgan fingerprint density at radius 2 is 1.33 bits per heavy atom. The second-order valence-corrected chi connectivity index (χ2v) is 35.2. The summed E-state index contributed by atoms with van der Waals surface area (Å²) < 4.78 is -0.229. The van der Waals surface area contributed by atoms with Crippen molar-refractivity contribution in [3.63, 3.8) is 0 Å². The molecule has 0 aromatic carbocycles. The molecule has 0 radical (unpaired) electrons. The molecule has 0 bridgehead atoms. The molecular weight excluding hydrogens is 468 g/mol. The van der Waals surface area contributed by atoms with Gasteiger partial charge in [-0.05, 0) is 5.92 Å². The zero-order valence-corrected chi connectivity index (χ0v) is 13.6. The first-order chi connectivity index (χ1) is 4.00. The van der Waals surface area contributed by atoms with Crippen LogP contribution in [-0.2, 0) is 0 Å². The van der Waals surface area contributed by atoms with Crippen LogP contribution in [0.2, 0.25) is 0 Å². The van der Waals surface area contributed by atoms with Crippen molar-refractivity contribution >= 4 is 65.1 Å². The van der Waals surface area contributed by atoms with Crippen molar-refractivity contribution in [1.82, 2.24) is 0 Å². The lowest BCUT2D eigenvalue weighted by atomic mass is 10.2. The Balaban J connectivity index is 0. The van der Waals surface area contributed by atoms with Gasteiger partial charge in [-0.2, -0.15) is 60.8 Å². The van der Waals surface area contributed by atoms with Gasteiger partial charge in [0.2, 0.25) is 0 Å². The lowest BCUT2D eigenvalue weighted by molar-refractivity contribution is 0.626. The Morgan fingerprint density at radius 1 is 1.22 bits per heavy atom. The van der Waals surface area contributed by atoms with E-state index in [4.69, 9.17) is 0 Å². The van der Waals surface area contributed by atoms with E-state index in [9.17, 15) is 0 Å². The van der Waals surface area contributed by atoms with Crippen LogP contribution in [0, 0.1) is 5.92 Å². The van der Waals surface area contributed by atoms with Crippen LogP contribution in [0.15, 0.2) is 0 Å². The van der Waals surface area contributed by atoms with Gasteiger partial charge in [0, 0.05) is 0 Å². The zero-order chi connectivity index (χ0) is 7.86. The molecular formula is C5H12AlI3. The third-order valence-electron chi connectivity index (χ3n) is 0.816. The maximum absolute atomic E-state index is 2.46. The minimum Gasteiger partial charge on any atom is -0.175 e. The average molecular weight is 480 g/mol. The summed E-state index contributed by atoms with van der Waals surface area (Å²) in [4.78, 5) is 0. The summed E-state index contributed by atoms with van der Waals surface area (Å²) in [6.45, 7) is 6.64. The van der Waals surface area contributed by atoms with Crippen molar-refractivity contribution in [2.45, 2.75) is 27.2 Å². The molecule has 0 saturated heterocycles. The van der Waals surface area contributed by atoms with Gasteiger partial charge in [0.05, 0.1) is 0 Å². The summed E-state index contributed by atoms with van der Waals surface area (Å²) >= 11 is 7.37. The molecule has 0 fully saturated rings. The Morgan fingerprint density at radius 3 is 1.33 bits per heavy atom. The fourth-order valence-corrected chi connectivity index (χ4v) is 0. The first-order valence-corrected chi connectivity index (χ1v) is 15.4. The number of hydrogen-bond acceptors (Lipinski definition) is 0. The highest BCUT2D eigenvalue weighted by atomic mass is 127. The normalized spacial score (nSPS) is 8.33. The number of rotatable bonds is 1. The van der Waals surface area contributed by atoms with Crippen molar-refractivity contribution in [2.75, 3.05) is 0 Å². The second-order valence-electron chi connectivity index (χ2n) is 2.05. The smallest absolute Gasteiger partial charge is 0.175 e. The second kappa shape index (κ2) is 10.7. The van der Waals surface area contributed by atoms with Crippen molar-refractivity contribution in [2.24, 2.45) is 5.92 Å². The fraction of sp³-hybridized carbons (Fsp3) is 1.00. The highest BCUT2D eigenvalue weighted by molar-refractivity contribution is 14.4. The molecule has 0 atom stereocenters. The topological polar surface area (TPSA) is 0 Å². The molecule has 9 heavy (non-hydrogen) atoms.